The van der Waals surface area contributed by atoms with E-state index in [1.54, 1.807) is 0 Å². The van der Waals surface area contributed by atoms with E-state index in [9.17, 15) is 0 Å². The normalized spacial score (nSPS) is 46.1. The fraction of sp³-hybridized carbons (Fsp3) is 1.00. The standard InChI is InChI=1S/C7H13N/c8-7-4-3-6(7)5-1-2-5/h5-7H,1-4,8H2. The zero-order chi connectivity index (χ0) is 5.56. The van der Waals surface area contributed by atoms with Crippen molar-refractivity contribution in [3.63, 3.8) is 0 Å². The SMILES string of the molecule is NC1CCC1C1CC1. The second kappa shape index (κ2) is 1.47. The number of hydrogen-bond acceptors (Lipinski definition) is 1. The summed E-state index contributed by atoms with van der Waals surface area (Å²) in [5, 5.41) is 0. The summed E-state index contributed by atoms with van der Waals surface area (Å²) in [5.74, 6) is 1.99. The first-order valence-corrected chi connectivity index (χ1v) is 3.63. The van der Waals surface area contributed by atoms with Crippen LogP contribution in [0.5, 0.6) is 0 Å². The summed E-state index contributed by atoms with van der Waals surface area (Å²) in [4.78, 5) is 0. The molecule has 2 fully saturated rings. The molecule has 2 rings (SSSR count). The van der Waals surface area contributed by atoms with Crippen molar-refractivity contribution in [2.75, 3.05) is 0 Å². The lowest BCUT2D eigenvalue weighted by atomic mass is 9.77. The third-order valence-electron chi connectivity index (χ3n) is 2.61. The molecule has 0 aromatic rings. The monoisotopic (exact) mass is 111 g/mol. The molecule has 1 nitrogen and oxygen atoms in total. The van der Waals surface area contributed by atoms with Gasteiger partial charge in [-0.05, 0) is 37.5 Å². The molecule has 1 heteroatoms. The summed E-state index contributed by atoms with van der Waals surface area (Å²) in [5.41, 5.74) is 5.76. The summed E-state index contributed by atoms with van der Waals surface area (Å²) in [6, 6.07) is 0.586. The molecule has 0 heterocycles. The van der Waals surface area contributed by atoms with Gasteiger partial charge in [0.05, 0.1) is 0 Å². The lowest BCUT2D eigenvalue weighted by Gasteiger charge is -2.33. The molecular weight excluding hydrogens is 98.1 g/mol. The highest BCUT2D eigenvalue weighted by molar-refractivity contribution is 4.94. The number of hydrogen-bond donors (Lipinski definition) is 1. The molecule has 0 aromatic carbocycles. The largest absolute Gasteiger partial charge is 0.327 e. The van der Waals surface area contributed by atoms with Crippen LogP contribution >= 0.6 is 0 Å². The highest BCUT2D eigenvalue weighted by atomic mass is 14.7. The molecule has 0 bridgehead atoms. The Balaban J connectivity index is 1.87. The van der Waals surface area contributed by atoms with E-state index in [0.717, 1.165) is 11.8 Å². The average Bonchev–Trinajstić information content (AvgIpc) is 2.46. The third-order valence-corrected chi connectivity index (χ3v) is 2.61. The van der Waals surface area contributed by atoms with E-state index >= 15 is 0 Å². The molecule has 2 aliphatic carbocycles. The van der Waals surface area contributed by atoms with Crippen LogP contribution in [-0.4, -0.2) is 6.04 Å². The second-order valence-electron chi connectivity index (χ2n) is 3.24. The van der Waals surface area contributed by atoms with Crippen LogP contribution < -0.4 is 5.73 Å². The van der Waals surface area contributed by atoms with Gasteiger partial charge in [0.1, 0.15) is 0 Å². The van der Waals surface area contributed by atoms with Crippen molar-refractivity contribution in [3.05, 3.63) is 0 Å². The average molecular weight is 111 g/mol. The van der Waals surface area contributed by atoms with Crippen LogP contribution in [0.1, 0.15) is 25.7 Å². The third kappa shape index (κ3) is 0.576. The molecule has 0 saturated heterocycles. The highest BCUT2D eigenvalue weighted by Gasteiger charge is 2.39. The first kappa shape index (κ1) is 4.80. The molecule has 2 atom stereocenters. The van der Waals surface area contributed by atoms with Crippen molar-refractivity contribution >= 4 is 0 Å². The van der Waals surface area contributed by atoms with Gasteiger partial charge >= 0.3 is 0 Å². The Bertz CT molecular complexity index is 94.6. The smallest absolute Gasteiger partial charge is 0.00699 e. The lowest BCUT2D eigenvalue weighted by molar-refractivity contribution is 0.225. The molecule has 46 valence electrons. The first-order chi connectivity index (χ1) is 3.88. The van der Waals surface area contributed by atoms with Crippen LogP contribution in [0.2, 0.25) is 0 Å². The fourth-order valence-electron chi connectivity index (χ4n) is 1.66. The molecule has 8 heavy (non-hydrogen) atoms. The Kier molecular flexibility index (Phi) is 0.884. The minimum Gasteiger partial charge on any atom is -0.327 e. The van der Waals surface area contributed by atoms with Crippen molar-refractivity contribution in [2.24, 2.45) is 17.6 Å². The highest BCUT2D eigenvalue weighted by Crippen LogP contribution is 2.45. The maximum absolute atomic E-state index is 5.76. The van der Waals surface area contributed by atoms with Gasteiger partial charge in [-0.1, -0.05) is 0 Å². The number of rotatable bonds is 1. The van der Waals surface area contributed by atoms with Crippen LogP contribution in [0.4, 0.5) is 0 Å². The summed E-state index contributed by atoms with van der Waals surface area (Å²) in [6.07, 6.45) is 5.66. The summed E-state index contributed by atoms with van der Waals surface area (Å²) < 4.78 is 0. The van der Waals surface area contributed by atoms with Gasteiger partial charge < -0.3 is 5.73 Å². The van der Waals surface area contributed by atoms with Crippen LogP contribution in [0.3, 0.4) is 0 Å². The predicted octanol–water partition coefficient (Wildman–Crippen LogP) is 1.13. The molecule has 2 N–H and O–H groups in total. The van der Waals surface area contributed by atoms with Crippen molar-refractivity contribution in [1.82, 2.24) is 0 Å². The van der Waals surface area contributed by atoms with Gasteiger partial charge in [-0.15, -0.1) is 0 Å². The number of nitrogens with two attached hydrogens (primary N) is 1. The van der Waals surface area contributed by atoms with Crippen LogP contribution in [0.25, 0.3) is 0 Å². The van der Waals surface area contributed by atoms with Gasteiger partial charge in [-0.2, -0.15) is 0 Å². The Morgan fingerprint density at radius 2 is 1.75 bits per heavy atom. The topological polar surface area (TPSA) is 26.0 Å². The molecule has 0 aromatic heterocycles. The van der Waals surface area contributed by atoms with Crippen molar-refractivity contribution in [2.45, 2.75) is 31.7 Å². The summed E-state index contributed by atoms with van der Waals surface area (Å²) in [6.45, 7) is 0. The Hall–Kier alpha value is -0.0400. The molecular formula is C7H13N. The molecule has 0 amide bonds. The van der Waals surface area contributed by atoms with E-state index in [4.69, 9.17) is 5.73 Å². The Morgan fingerprint density at radius 1 is 1.00 bits per heavy atom. The molecule has 2 aliphatic rings. The second-order valence-corrected chi connectivity index (χ2v) is 3.24. The maximum atomic E-state index is 5.76. The molecule has 0 aliphatic heterocycles. The van der Waals surface area contributed by atoms with Crippen molar-refractivity contribution in [1.29, 1.82) is 0 Å². The van der Waals surface area contributed by atoms with Crippen molar-refractivity contribution in [3.8, 4) is 0 Å². The van der Waals surface area contributed by atoms with E-state index in [0.29, 0.717) is 6.04 Å². The molecule has 2 unspecified atom stereocenters. The Labute approximate surface area is 50.3 Å². The van der Waals surface area contributed by atoms with E-state index in [-0.39, 0.29) is 0 Å². The molecule has 2 saturated carbocycles. The van der Waals surface area contributed by atoms with Gasteiger partial charge in [-0.3, -0.25) is 0 Å². The van der Waals surface area contributed by atoms with Crippen molar-refractivity contribution < 1.29 is 0 Å². The maximum Gasteiger partial charge on any atom is 0.00699 e. The molecule has 0 spiro atoms. The Morgan fingerprint density at radius 3 is 1.88 bits per heavy atom. The van der Waals surface area contributed by atoms with Gasteiger partial charge in [-0.25, -0.2) is 0 Å². The van der Waals surface area contributed by atoms with Crippen LogP contribution in [-0.2, 0) is 0 Å². The van der Waals surface area contributed by atoms with E-state index < -0.39 is 0 Å². The van der Waals surface area contributed by atoms with Crippen LogP contribution in [0.15, 0.2) is 0 Å². The van der Waals surface area contributed by atoms with E-state index in [1.165, 1.54) is 25.7 Å². The van der Waals surface area contributed by atoms with E-state index in [2.05, 4.69) is 0 Å². The summed E-state index contributed by atoms with van der Waals surface area (Å²) >= 11 is 0. The summed E-state index contributed by atoms with van der Waals surface area (Å²) in [7, 11) is 0. The quantitative estimate of drug-likeness (QED) is 0.539. The zero-order valence-corrected chi connectivity index (χ0v) is 5.14. The zero-order valence-electron chi connectivity index (χ0n) is 5.14. The molecule has 0 radical (unpaired) electrons. The lowest BCUT2D eigenvalue weighted by Crippen LogP contribution is -2.40. The van der Waals surface area contributed by atoms with E-state index in [1.807, 2.05) is 0 Å². The predicted molar refractivity (Wildman–Crippen MR) is 33.4 cm³/mol. The fourth-order valence-corrected chi connectivity index (χ4v) is 1.66. The van der Waals surface area contributed by atoms with Gasteiger partial charge in [0, 0.05) is 6.04 Å². The minimum atomic E-state index is 0.586. The van der Waals surface area contributed by atoms with Crippen LogP contribution in [0, 0.1) is 11.8 Å². The van der Waals surface area contributed by atoms with Gasteiger partial charge in [0.25, 0.3) is 0 Å². The minimum absolute atomic E-state index is 0.586. The van der Waals surface area contributed by atoms with Gasteiger partial charge in [0.15, 0.2) is 0 Å². The first-order valence-electron chi connectivity index (χ1n) is 3.63. The van der Waals surface area contributed by atoms with Gasteiger partial charge in [0.2, 0.25) is 0 Å².